The van der Waals surface area contributed by atoms with Crippen molar-refractivity contribution in [2.75, 3.05) is 6.54 Å². The molecule has 0 aliphatic carbocycles. The summed E-state index contributed by atoms with van der Waals surface area (Å²) in [6.45, 7) is 6.66. The molecule has 1 N–H and O–H groups in total. The molecule has 0 atom stereocenters. The van der Waals surface area contributed by atoms with Crippen LogP contribution in [0.3, 0.4) is 0 Å². The summed E-state index contributed by atoms with van der Waals surface area (Å²) in [6.07, 6.45) is 13.2. The first-order valence-electron chi connectivity index (χ1n) is 7.37. The fourth-order valence-corrected chi connectivity index (χ4v) is 1.91. The van der Waals surface area contributed by atoms with Crippen LogP contribution in [-0.4, -0.2) is 42.0 Å². The monoisotopic (exact) mass is 264 g/mol. The quantitative estimate of drug-likeness (QED) is 0.423. The van der Waals surface area contributed by atoms with Gasteiger partial charge in [-0.1, -0.05) is 65.2 Å². The van der Waals surface area contributed by atoms with Gasteiger partial charge in [-0.2, -0.15) is 0 Å². The third-order valence-corrected chi connectivity index (χ3v) is 3.01. The van der Waals surface area contributed by atoms with Gasteiger partial charge in [-0.25, -0.2) is 0 Å². The topological polar surface area (TPSA) is 29.1 Å². The van der Waals surface area contributed by atoms with Crippen molar-refractivity contribution in [3.05, 3.63) is 6.92 Å². The number of carbonyl (C=O) groups excluding carboxylic acids is 1. The van der Waals surface area contributed by atoms with E-state index in [4.69, 9.17) is 0 Å². The Bertz CT molecular complexity index is 174. The Morgan fingerprint density at radius 1 is 0.944 bits per heavy atom. The Kier molecular flexibility index (Phi) is 20.2. The molecule has 0 aromatic heterocycles. The molecule has 0 spiro atoms. The van der Waals surface area contributed by atoms with Gasteiger partial charge in [0.05, 0.1) is 0 Å². The summed E-state index contributed by atoms with van der Waals surface area (Å²) in [5.41, 5.74) is 0. The molecule has 3 heteroatoms. The van der Waals surface area contributed by atoms with Gasteiger partial charge in [0.25, 0.3) is 0 Å². The molecule has 0 saturated carbocycles. The number of amides is 1. The van der Waals surface area contributed by atoms with Crippen molar-refractivity contribution in [1.29, 1.82) is 0 Å². The molecule has 0 bridgehead atoms. The molecule has 0 saturated heterocycles. The molecule has 103 valence electrons. The van der Waals surface area contributed by atoms with E-state index in [1.165, 1.54) is 51.4 Å². The van der Waals surface area contributed by atoms with Crippen molar-refractivity contribution in [3.63, 3.8) is 0 Å². The Balaban J connectivity index is 0. The van der Waals surface area contributed by atoms with Crippen LogP contribution in [0.5, 0.6) is 0 Å². The maximum atomic E-state index is 11.3. The fourth-order valence-electron chi connectivity index (χ4n) is 1.91. The van der Waals surface area contributed by atoms with Crippen molar-refractivity contribution < 1.29 is 4.79 Å². The maximum absolute atomic E-state index is 11.3. The third-order valence-electron chi connectivity index (χ3n) is 3.01. The Hall–Kier alpha value is 0.470. The average Bonchev–Trinajstić information content (AvgIpc) is 2.34. The first-order valence-corrected chi connectivity index (χ1v) is 7.37. The van der Waals surface area contributed by atoms with Crippen LogP contribution in [0, 0.1) is 6.92 Å². The van der Waals surface area contributed by atoms with Crippen LogP contribution in [0.1, 0.15) is 77.6 Å². The molecule has 2 nitrogen and oxygen atoms in total. The van der Waals surface area contributed by atoms with Gasteiger partial charge in [0, 0.05) is 13.0 Å². The number of nitrogens with one attached hydrogen (secondary N) is 1. The summed E-state index contributed by atoms with van der Waals surface area (Å²) < 4.78 is 0. The van der Waals surface area contributed by atoms with Crippen molar-refractivity contribution in [2.24, 2.45) is 0 Å². The molecule has 0 aliphatic heterocycles. The van der Waals surface area contributed by atoms with Gasteiger partial charge in [0.15, 0.2) is 0 Å². The molecule has 0 fully saturated rings. The summed E-state index contributed by atoms with van der Waals surface area (Å²) in [5.74, 6) is 0.191. The average molecular weight is 264 g/mol. The first-order chi connectivity index (χ1) is 8.31. The zero-order chi connectivity index (χ0) is 12.8. The second kappa shape index (κ2) is 17.5. The SMILES string of the molecule is [CH2]CCNC(=O)CCCCCCCCCCC.[NaH]. The standard InChI is InChI=1S/C15H30NO.Na.H/c1-3-5-6-7-8-9-10-11-12-13-15(17)16-14-4-2;;/h2-14H2,1H3,(H,16,17);;. The molecule has 18 heavy (non-hydrogen) atoms. The van der Waals surface area contributed by atoms with Crippen LogP contribution in [0.15, 0.2) is 0 Å². The Morgan fingerprint density at radius 3 is 1.94 bits per heavy atom. The molecule has 0 aliphatic rings. The third kappa shape index (κ3) is 16.5. The number of hydrogen-bond donors (Lipinski definition) is 1. The van der Waals surface area contributed by atoms with Gasteiger partial charge in [-0.3, -0.25) is 4.79 Å². The second-order valence-corrected chi connectivity index (χ2v) is 4.78. The van der Waals surface area contributed by atoms with E-state index < -0.39 is 0 Å². The zero-order valence-corrected chi connectivity index (χ0v) is 11.6. The van der Waals surface area contributed by atoms with Gasteiger partial charge in [0.2, 0.25) is 5.91 Å². The summed E-state index contributed by atoms with van der Waals surface area (Å²) in [4.78, 5) is 11.3. The summed E-state index contributed by atoms with van der Waals surface area (Å²) in [5, 5.41) is 2.86. The predicted octanol–water partition coefficient (Wildman–Crippen LogP) is 3.60. The van der Waals surface area contributed by atoms with Gasteiger partial charge in [-0.15, -0.1) is 0 Å². The Labute approximate surface area is 136 Å². The van der Waals surface area contributed by atoms with Crippen LogP contribution < -0.4 is 5.32 Å². The molecule has 0 aromatic carbocycles. The van der Waals surface area contributed by atoms with Crippen LogP contribution >= 0.6 is 0 Å². The molecule has 0 aromatic rings. The van der Waals surface area contributed by atoms with Crippen LogP contribution in [0.25, 0.3) is 0 Å². The van der Waals surface area contributed by atoms with E-state index in [0.29, 0.717) is 6.42 Å². The van der Waals surface area contributed by atoms with Crippen molar-refractivity contribution in [1.82, 2.24) is 5.32 Å². The van der Waals surface area contributed by atoms with Gasteiger partial charge in [-0.05, 0) is 12.8 Å². The molecule has 0 rings (SSSR count). The first kappa shape index (κ1) is 20.8. The van der Waals surface area contributed by atoms with Crippen LogP contribution in [-0.2, 0) is 4.79 Å². The van der Waals surface area contributed by atoms with Gasteiger partial charge in [0.1, 0.15) is 0 Å². The zero-order valence-electron chi connectivity index (χ0n) is 11.6. The molecule has 1 radical (unpaired) electrons. The van der Waals surface area contributed by atoms with Gasteiger partial charge < -0.3 is 5.32 Å². The van der Waals surface area contributed by atoms with Crippen LogP contribution in [0.2, 0.25) is 0 Å². The number of hydrogen-bond acceptors (Lipinski definition) is 1. The number of unbranched alkanes of at least 4 members (excludes halogenated alkanes) is 8. The van der Waals surface area contributed by atoms with Crippen molar-refractivity contribution in [3.8, 4) is 0 Å². The predicted molar refractivity (Wildman–Crippen MR) is 82.0 cm³/mol. The van der Waals surface area contributed by atoms with E-state index in [1.807, 2.05) is 0 Å². The summed E-state index contributed by atoms with van der Waals surface area (Å²) in [7, 11) is 0. The van der Waals surface area contributed by atoms with E-state index in [9.17, 15) is 4.79 Å². The molecule has 1 amide bonds. The van der Waals surface area contributed by atoms with E-state index in [2.05, 4.69) is 19.2 Å². The fraction of sp³-hybridized carbons (Fsp3) is 0.867. The normalized spacial score (nSPS) is 9.89. The minimum absolute atomic E-state index is 0. The Morgan fingerprint density at radius 2 is 1.44 bits per heavy atom. The molecular formula is C15H31NNaO. The second-order valence-electron chi connectivity index (χ2n) is 4.78. The van der Waals surface area contributed by atoms with Crippen molar-refractivity contribution >= 4 is 35.5 Å². The van der Waals surface area contributed by atoms with Crippen molar-refractivity contribution in [2.45, 2.75) is 77.6 Å². The number of rotatable bonds is 12. The van der Waals surface area contributed by atoms with E-state index >= 15 is 0 Å². The molecule has 0 unspecified atom stereocenters. The van der Waals surface area contributed by atoms with E-state index in [1.54, 1.807) is 0 Å². The summed E-state index contributed by atoms with van der Waals surface area (Å²) in [6, 6.07) is 0. The molecular weight excluding hydrogens is 233 g/mol. The van der Waals surface area contributed by atoms with E-state index in [0.717, 1.165) is 19.4 Å². The summed E-state index contributed by atoms with van der Waals surface area (Å²) >= 11 is 0. The molecule has 0 heterocycles. The number of carbonyl (C=O) groups is 1. The van der Waals surface area contributed by atoms with Gasteiger partial charge >= 0.3 is 29.6 Å². The van der Waals surface area contributed by atoms with E-state index in [-0.39, 0.29) is 35.5 Å². The minimum atomic E-state index is 0. The van der Waals surface area contributed by atoms with Crippen LogP contribution in [0.4, 0.5) is 0 Å².